The van der Waals surface area contributed by atoms with Gasteiger partial charge in [0.2, 0.25) is 0 Å². The molecular formula is C24H27N3O2. The lowest BCUT2D eigenvalue weighted by atomic mass is 9.96. The van der Waals surface area contributed by atoms with Crippen LogP contribution in [0.3, 0.4) is 0 Å². The molecule has 0 unspecified atom stereocenters. The van der Waals surface area contributed by atoms with Crippen LogP contribution in [0.5, 0.6) is 5.75 Å². The number of phenolic OH excluding ortho intramolecular Hbond substituents is 1. The van der Waals surface area contributed by atoms with Crippen LogP contribution < -0.4 is 5.32 Å². The summed E-state index contributed by atoms with van der Waals surface area (Å²) in [7, 11) is 0. The Balaban J connectivity index is 1.27. The number of amides is 1. The second-order valence-electron chi connectivity index (χ2n) is 7.96. The van der Waals surface area contributed by atoms with Crippen molar-refractivity contribution < 1.29 is 9.90 Å². The first-order valence-corrected chi connectivity index (χ1v) is 10.2. The maximum absolute atomic E-state index is 12.5. The van der Waals surface area contributed by atoms with Gasteiger partial charge in [-0.05, 0) is 56.5 Å². The molecule has 1 aliphatic heterocycles. The molecule has 0 spiro atoms. The molecule has 29 heavy (non-hydrogen) atoms. The summed E-state index contributed by atoms with van der Waals surface area (Å²) in [5, 5.41) is 13.8. The smallest absolute Gasteiger partial charge is 0.269 e. The van der Waals surface area contributed by atoms with E-state index >= 15 is 0 Å². The number of hydrogen-bond acceptors (Lipinski definition) is 4. The summed E-state index contributed by atoms with van der Waals surface area (Å²) < 4.78 is 0. The lowest BCUT2D eigenvalue weighted by Gasteiger charge is -2.32. The molecule has 0 atom stereocenters. The number of pyridine rings is 1. The fourth-order valence-electron chi connectivity index (χ4n) is 3.89. The van der Waals surface area contributed by atoms with E-state index in [-0.39, 0.29) is 11.7 Å². The molecule has 0 aliphatic carbocycles. The molecule has 2 N–H and O–H groups in total. The van der Waals surface area contributed by atoms with Crippen molar-refractivity contribution in [1.82, 2.24) is 15.2 Å². The molecule has 0 bridgehead atoms. The fraction of sp³-hybridized carbons (Fsp3) is 0.333. The Morgan fingerprint density at radius 2 is 1.86 bits per heavy atom. The standard InChI is InChI=1S/C24H27N3O2/c1-17-5-7-19(8-6-17)16-27-13-11-18(12-14-27)15-25-24(29)21-10-9-20-3-2-4-22(28)23(20)26-21/h2-10,18,28H,11-16H2,1H3,(H,25,29). The number of para-hydroxylation sites is 1. The van der Waals surface area contributed by atoms with Crippen molar-refractivity contribution in [2.75, 3.05) is 19.6 Å². The summed E-state index contributed by atoms with van der Waals surface area (Å²) in [6.07, 6.45) is 2.16. The Morgan fingerprint density at radius 1 is 1.10 bits per heavy atom. The third-order valence-electron chi connectivity index (χ3n) is 5.72. The van der Waals surface area contributed by atoms with Gasteiger partial charge in [-0.25, -0.2) is 4.98 Å². The van der Waals surface area contributed by atoms with E-state index in [1.54, 1.807) is 18.2 Å². The van der Waals surface area contributed by atoms with Crippen LogP contribution in [0, 0.1) is 12.8 Å². The summed E-state index contributed by atoms with van der Waals surface area (Å²) in [6.45, 7) is 5.87. The molecular weight excluding hydrogens is 362 g/mol. The summed E-state index contributed by atoms with van der Waals surface area (Å²) >= 11 is 0. The number of aryl methyl sites for hydroxylation is 1. The minimum absolute atomic E-state index is 0.0955. The largest absolute Gasteiger partial charge is 0.506 e. The predicted molar refractivity (Wildman–Crippen MR) is 115 cm³/mol. The SMILES string of the molecule is Cc1ccc(CN2CCC(CNC(=O)c3ccc4cccc(O)c4n3)CC2)cc1. The molecule has 1 aliphatic rings. The predicted octanol–water partition coefficient (Wildman–Crippen LogP) is 3.89. The number of phenols is 1. The zero-order valence-corrected chi connectivity index (χ0v) is 16.8. The van der Waals surface area contributed by atoms with Gasteiger partial charge >= 0.3 is 0 Å². The number of fused-ring (bicyclic) bond motifs is 1. The maximum atomic E-state index is 12.5. The number of benzene rings is 2. The summed E-state index contributed by atoms with van der Waals surface area (Å²) in [6, 6.07) is 17.5. The van der Waals surface area contributed by atoms with Gasteiger partial charge in [0.15, 0.2) is 0 Å². The Morgan fingerprint density at radius 3 is 2.62 bits per heavy atom. The van der Waals surface area contributed by atoms with E-state index < -0.39 is 0 Å². The van der Waals surface area contributed by atoms with Crippen LogP contribution in [-0.4, -0.2) is 40.5 Å². The average Bonchev–Trinajstić information content (AvgIpc) is 2.75. The average molecular weight is 389 g/mol. The van der Waals surface area contributed by atoms with Crippen molar-refractivity contribution in [2.24, 2.45) is 5.92 Å². The van der Waals surface area contributed by atoms with E-state index in [0.29, 0.717) is 23.7 Å². The third-order valence-corrected chi connectivity index (χ3v) is 5.72. The number of nitrogens with one attached hydrogen (secondary N) is 1. The fourth-order valence-corrected chi connectivity index (χ4v) is 3.89. The maximum Gasteiger partial charge on any atom is 0.269 e. The van der Waals surface area contributed by atoms with Gasteiger partial charge in [-0.15, -0.1) is 0 Å². The van der Waals surface area contributed by atoms with Gasteiger partial charge in [0.05, 0.1) is 0 Å². The highest BCUT2D eigenvalue weighted by atomic mass is 16.3. The highest BCUT2D eigenvalue weighted by Gasteiger charge is 2.20. The van der Waals surface area contributed by atoms with E-state index in [2.05, 4.69) is 46.4 Å². The summed E-state index contributed by atoms with van der Waals surface area (Å²) in [4.78, 5) is 19.3. The Labute approximate surface area is 171 Å². The molecule has 1 saturated heterocycles. The molecule has 1 amide bonds. The Bertz CT molecular complexity index is 993. The monoisotopic (exact) mass is 389 g/mol. The van der Waals surface area contributed by atoms with Gasteiger partial charge in [0, 0.05) is 18.5 Å². The minimum Gasteiger partial charge on any atom is -0.506 e. The number of nitrogens with zero attached hydrogens (tertiary/aromatic N) is 2. The van der Waals surface area contributed by atoms with Gasteiger partial charge in [-0.3, -0.25) is 9.69 Å². The van der Waals surface area contributed by atoms with E-state index in [1.165, 1.54) is 11.1 Å². The highest BCUT2D eigenvalue weighted by Crippen LogP contribution is 2.23. The Kier molecular flexibility index (Phi) is 5.76. The van der Waals surface area contributed by atoms with E-state index in [4.69, 9.17) is 0 Å². The van der Waals surface area contributed by atoms with Gasteiger partial charge in [0.25, 0.3) is 5.91 Å². The zero-order valence-electron chi connectivity index (χ0n) is 16.8. The molecule has 3 aromatic rings. The van der Waals surface area contributed by atoms with Crippen LogP contribution in [0.15, 0.2) is 54.6 Å². The number of hydrogen-bond donors (Lipinski definition) is 2. The first kappa shape index (κ1) is 19.4. The number of likely N-dealkylation sites (tertiary alicyclic amines) is 1. The number of carbonyl (C=O) groups is 1. The second-order valence-corrected chi connectivity index (χ2v) is 7.96. The number of rotatable bonds is 5. The Hall–Kier alpha value is -2.92. The molecule has 4 rings (SSSR count). The van der Waals surface area contributed by atoms with Crippen molar-refractivity contribution in [3.8, 4) is 5.75 Å². The van der Waals surface area contributed by atoms with Gasteiger partial charge in [-0.1, -0.05) is 48.0 Å². The lowest BCUT2D eigenvalue weighted by molar-refractivity contribution is 0.0930. The number of aromatic nitrogens is 1. The third kappa shape index (κ3) is 4.74. The number of piperidine rings is 1. The topological polar surface area (TPSA) is 65.5 Å². The molecule has 0 saturated carbocycles. The molecule has 5 nitrogen and oxygen atoms in total. The van der Waals surface area contributed by atoms with Crippen molar-refractivity contribution in [2.45, 2.75) is 26.3 Å². The zero-order chi connectivity index (χ0) is 20.2. The molecule has 150 valence electrons. The van der Waals surface area contributed by atoms with Crippen LogP contribution in [-0.2, 0) is 6.54 Å². The molecule has 2 aromatic carbocycles. The number of carbonyl (C=O) groups excluding carboxylic acids is 1. The van der Waals surface area contributed by atoms with Gasteiger partial charge in [-0.2, -0.15) is 0 Å². The van der Waals surface area contributed by atoms with Crippen molar-refractivity contribution in [1.29, 1.82) is 0 Å². The quantitative estimate of drug-likeness (QED) is 0.695. The van der Waals surface area contributed by atoms with E-state index in [0.717, 1.165) is 37.9 Å². The summed E-state index contributed by atoms with van der Waals surface area (Å²) in [5.41, 5.74) is 3.45. The lowest BCUT2D eigenvalue weighted by Crippen LogP contribution is -2.38. The molecule has 1 aromatic heterocycles. The van der Waals surface area contributed by atoms with Crippen molar-refractivity contribution >= 4 is 16.8 Å². The first-order valence-electron chi connectivity index (χ1n) is 10.2. The normalized spacial score (nSPS) is 15.5. The van der Waals surface area contributed by atoms with Crippen LogP contribution in [0.1, 0.15) is 34.5 Å². The minimum atomic E-state index is -0.183. The van der Waals surface area contributed by atoms with E-state index in [9.17, 15) is 9.90 Å². The molecule has 0 radical (unpaired) electrons. The van der Waals surface area contributed by atoms with Crippen LogP contribution in [0.2, 0.25) is 0 Å². The van der Waals surface area contributed by atoms with E-state index in [1.807, 2.05) is 12.1 Å². The number of aromatic hydroxyl groups is 1. The molecule has 2 heterocycles. The van der Waals surface area contributed by atoms with Crippen LogP contribution in [0.25, 0.3) is 10.9 Å². The highest BCUT2D eigenvalue weighted by molar-refractivity contribution is 5.95. The van der Waals surface area contributed by atoms with Crippen molar-refractivity contribution in [3.05, 3.63) is 71.4 Å². The summed E-state index contributed by atoms with van der Waals surface area (Å²) in [5.74, 6) is 0.400. The molecule has 1 fully saturated rings. The van der Waals surface area contributed by atoms with Crippen LogP contribution in [0.4, 0.5) is 0 Å². The first-order chi connectivity index (χ1) is 14.1. The second kappa shape index (κ2) is 8.62. The van der Waals surface area contributed by atoms with Gasteiger partial charge in [0.1, 0.15) is 17.0 Å². The van der Waals surface area contributed by atoms with Crippen LogP contribution >= 0.6 is 0 Å². The van der Waals surface area contributed by atoms with Gasteiger partial charge < -0.3 is 10.4 Å². The van der Waals surface area contributed by atoms with Crippen molar-refractivity contribution in [3.63, 3.8) is 0 Å². The molecule has 5 heteroatoms.